The fourth-order valence-corrected chi connectivity index (χ4v) is 7.14. The molecule has 2 heterocycles. The van der Waals surface area contributed by atoms with Crippen molar-refractivity contribution in [2.45, 2.75) is 102 Å². The van der Waals surface area contributed by atoms with Gasteiger partial charge in [-0.15, -0.1) is 0 Å². The zero-order chi connectivity index (χ0) is 39.4. The molecule has 57 heavy (non-hydrogen) atoms. The molecule has 0 amide bonds. The molecule has 0 saturated carbocycles. The van der Waals surface area contributed by atoms with Crippen LogP contribution in [-0.2, 0) is 64.3 Å². The number of rotatable bonds is 16. The van der Waals surface area contributed by atoms with Crippen molar-refractivity contribution in [1.82, 2.24) is 0 Å². The molecule has 298 valence electrons. The lowest BCUT2D eigenvalue weighted by atomic mass is 9.96. The van der Waals surface area contributed by atoms with Gasteiger partial charge in [0.25, 0.3) is 0 Å². The minimum Gasteiger partial charge on any atom is -0.453 e. The molecule has 7 rings (SSSR count). The molecular weight excluding hydrogens is 725 g/mol. The van der Waals surface area contributed by atoms with Crippen LogP contribution in [-0.4, -0.2) is 72.5 Å². The van der Waals surface area contributed by atoms with Crippen LogP contribution in [0.4, 0.5) is 0 Å². The molecule has 0 radical (unpaired) electrons. The predicted molar refractivity (Wildman–Crippen MR) is 211 cm³/mol. The highest BCUT2D eigenvalue weighted by Gasteiger charge is 2.53. The number of esters is 1. The number of ether oxygens (including phenoxy) is 8. The van der Waals surface area contributed by atoms with E-state index in [9.17, 15) is 9.90 Å². The summed E-state index contributed by atoms with van der Waals surface area (Å²) in [7, 11) is 0. The van der Waals surface area contributed by atoms with Gasteiger partial charge >= 0.3 is 5.97 Å². The summed E-state index contributed by atoms with van der Waals surface area (Å²) in [5, 5.41) is 11.3. The molecular formula is C47H50O10. The fourth-order valence-electron chi connectivity index (χ4n) is 7.14. The van der Waals surface area contributed by atoms with Crippen molar-refractivity contribution in [1.29, 1.82) is 0 Å². The second-order valence-electron chi connectivity index (χ2n) is 14.3. The lowest BCUT2D eigenvalue weighted by molar-refractivity contribution is -0.363. The van der Waals surface area contributed by atoms with E-state index in [0.29, 0.717) is 5.56 Å². The molecule has 10 heteroatoms. The minimum atomic E-state index is -1.30. The SMILES string of the molecule is C[C@@H]1OC(O[C@H]2[C@H](OCc3ccccc3)[C@H](OCc3ccccc3)C(O)O[C@@H]2C)[C@H](OCc2ccccc2)[C@H](OCc2ccccc2)[C@H]1OC(=O)c1ccccc1. The lowest BCUT2D eigenvalue weighted by Gasteiger charge is -2.48. The first kappa shape index (κ1) is 40.4. The van der Waals surface area contributed by atoms with Crippen LogP contribution in [0.5, 0.6) is 0 Å². The van der Waals surface area contributed by atoms with Crippen molar-refractivity contribution in [2.75, 3.05) is 0 Å². The van der Waals surface area contributed by atoms with E-state index in [1.807, 2.05) is 141 Å². The maximum atomic E-state index is 13.6. The predicted octanol–water partition coefficient (Wildman–Crippen LogP) is 7.42. The zero-order valence-electron chi connectivity index (χ0n) is 32.2. The van der Waals surface area contributed by atoms with E-state index in [2.05, 4.69) is 0 Å². The van der Waals surface area contributed by atoms with Gasteiger partial charge < -0.3 is 43.0 Å². The Labute approximate surface area is 334 Å². The van der Waals surface area contributed by atoms with Gasteiger partial charge in [-0.05, 0) is 48.2 Å². The zero-order valence-corrected chi connectivity index (χ0v) is 32.2. The Hall–Kier alpha value is -4.75. The molecule has 2 aliphatic heterocycles. The molecule has 2 fully saturated rings. The monoisotopic (exact) mass is 774 g/mol. The highest BCUT2D eigenvalue weighted by molar-refractivity contribution is 5.89. The molecule has 10 nitrogen and oxygen atoms in total. The largest absolute Gasteiger partial charge is 0.453 e. The molecule has 2 unspecified atom stereocenters. The summed E-state index contributed by atoms with van der Waals surface area (Å²) < 4.78 is 52.4. The standard InChI is InChI=1S/C47H50O10/c1-32-40(41(50-28-34-18-8-3-9-19-34)43(46(49)54-32)52-30-36-22-12-5-13-23-36)57-47-44(53-31-37-24-14-6-15-25-37)42(51-29-35-20-10-4-11-21-35)39(33(2)55-47)56-45(48)38-26-16-7-17-27-38/h3-27,32-33,39-44,46-47,49H,28-31H2,1-2H3/t32-,33+,39+,40-,41+,42-,43+,44-,46?,47?/m1/s1. The minimum absolute atomic E-state index is 0.194. The van der Waals surface area contributed by atoms with Gasteiger partial charge in [0.15, 0.2) is 18.7 Å². The maximum Gasteiger partial charge on any atom is 0.338 e. The normalized spacial score (nSPS) is 27.4. The average Bonchev–Trinajstić information content (AvgIpc) is 3.25. The van der Waals surface area contributed by atoms with Crippen LogP contribution in [0.15, 0.2) is 152 Å². The Morgan fingerprint density at radius 3 is 1.30 bits per heavy atom. The second-order valence-corrected chi connectivity index (χ2v) is 14.3. The molecule has 0 spiro atoms. The smallest absolute Gasteiger partial charge is 0.338 e. The average molecular weight is 775 g/mol. The summed E-state index contributed by atoms with van der Waals surface area (Å²) in [6.07, 6.45) is -8.88. The first-order chi connectivity index (χ1) is 27.9. The lowest BCUT2D eigenvalue weighted by Crippen LogP contribution is -2.64. The van der Waals surface area contributed by atoms with E-state index in [1.165, 1.54) is 0 Å². The molecule has 2 saturated heterocycles. The van der Waals surface area contributed by atoms with E-state index in [1.54, 1.807) is 24.3 Å². The summed E-state index contributed by atoms with van der Waals surface area (Å²) in [6, 6.07) is 47.8. The van der Waals surface area contributed by atoms with Crippen molar-refractivity contribution in [3.63, 3.8) is 0 Å². The van der Waals surface area contributed by atoms with Crippen molar-refractivity contribution < 1.29 is 47.8 Å². The third-order valence-electron chi connectivity index (χ3n) is 10.2. The summed E-state index contributed by atoms with van der Waals surface area (Å²) in [6.45, 7) is 4.49. The molecule has 0 aromatic heterocycles. The van der Waals surface area contributed by atoms with E-state index in [4.69, 9.17) is 37.9 Å². The van der Waals surface area contributed by atoms with E-state index in [-0.39, 0.29) is 26.4 Å². The molecule has 5 aromatic carbocycles. The van der Waals surface area contributed by atoms with Gasteiger partial charge in [0.1, 0.15) is 30.5 Å². The van der Waals surface area contributed by atoms with E-state index in [0.717, 1.165) is 22.3 Å². The van der Waals surface area contributed by atoms with Crippen molar-refractivity contribution >= 4 is 5.97 Å². The number of carbonyl (C=O) groups is 1. The summed E-state index contributed by atoms with van der Waals surface area (Å²) in [5.74, 6) is -0.512. The van der Waals surface area contributed by atoms with Gasteiger partial charge in [-0.25, -0.2) is 4.79 Å². The van der Waals surface area contributed by atoms with Gasteiger partial charge in [0, 0.05) is 0 Å². The molecule has 5 aromatic rings. The van der Waals surface area contributed by atoms with Crippen LogP contribution in [0.2, 0.25) is 0 Å². The fraction of sp³-hybridized carbons (Fsp3) is 0.340. The van der Waals surface area contributed by atoms with Crippen molar-refractivity contribution in [3.05, 3.63) is 179 Å². The van der Waals surface area contributed by atoms with Gasteiger partial charge in [0.05, 0.1) is 44.2 Å². The first-order valence-electron chi connectivity index (χ1n) is 19.5. The van der Waals surface area contributed by atoms with Crippen LogP contribution in [0.25, 0.3) is 0 Å². The highest BCUT2D eigenvalue weighted by Crippen LogP contribution is 2.35. The van der Waals surface area contributed by atoms with Crippen LogP contribution >= 0.6 is 0 Å². The van der Waals surface area contributed by atoms with Crippen LogP contribution in [0.1, 0.15) is 46.5 Å². The van der Waals surface area contributed by atoms with E-state index >= 15 is 0 Å². The Balaban J connectivity index is 1.21. The Kier molecular flexibility index (Phi) is 14.3. The van der Waals surface area contributed by atoms with Crippen molar-refractivity contribution in [2.24, 2.45) is 0 Å². The van der Waals surface area contributed by atoms with Crippen LogP contribution < -0.4 is 0 Å². The molecule has 0 bridgehead atoms. The molecule has 10 atom stereocenters. The summed E-state index contributed by atoms with van der Waals surface area (Å²) >= 11 is 0. The van der Waals surface area contributed by atoms with Gasteiger partial charge in [-0.2, -0.15) is 0 Å². The van der Waals surface area contributed by atoms with Gasteiger partial charge in [-0.3, -0.25) is 0 Å². The topological polar surface area (TPSA) is 111 Å². The second kappa shape index (κ2) is 20.1. The Morgan fingerprint density at radius 2 is 0.842 bits per heavy atom. The molecule has 0 aliphatic carbocycles. The Bertz CT molecular complexity index is 1920. The maximum absolute atomic E-state index is 13.6. The number of aliphatic hydroxyl groups excluding tert-OH is 1. The van der Waals surface area contributed by atoms with E-state index < -0.39 is 67.4 Å². The van der Waals surface area contributed by atoms with Gasteiger partial charge in [0.2, 0.25) is 0 Å². The van der Waals surface area contributed by atoms with Crippen LogP contribution in [0.3, 0.4) is 0 Å². The number of carbonyl (C=O) groups excluding carboxylic acids is 1. The van der Waals surface area contributed by atoms with Crippen molar-refractivity contribution in [3.8, 4) is 0 Å². The third kappa shape index (κ3) is 10.8. The summed E-state index contributed by atoms with van der Waals surface area (Å²) in [4.78, 5) is 13.6. The number of aliphatic hydroxyl groups is 1. The number of hydrogen-bond donors (Lipinski definition) is 1. The highest BCUT2D eigenvalue weighted by atomic mass is 16.7. The van der Waals surface area contributed by atoms with Crippen LogP contribution in [0, 0.1) is 0 Å². The Morgan fingerprint density at radius 1 is 0.474 bits per heavy atom. The molecule has 1 N–H and O–H groups in total. The third-order valence-corrected chi connectivity index (χ3v) is 10.2. The summed E-state index contributed by atoms with van der Waals surface area (Å²) in [5.41, 5.74) is 4.12. The quantitative estimate of drug-likeness (QED) is 0.102. The number of benzene rings is 5. The van der Waals surface area contributed by atoms with Gasteiger partial charge in [-0.1, -0.05) is 140 Å². The first-order valence-corrected chi connectivity index (χ1v) is 19.5. The molecule has 2 aliphatic rings. The number of hydrogen-bond acceptors (Lipinski definition) is 10.